The molecule has 0 radical (unpaired) electrons. The highest BCUT2D eigenvalue weighted by Gasteiger charge is 2.56. The fourth-order valence-corrected chi connectivity index (χ4v) is 7.24. The summed E-state index contributed by atoms with van der Waals surface area (Å²) in [5.74, 6) is 0.928. The molecule has 3 aliphatic heterocycles. The molecular formula is C32H37N3O2. The summed E-state index contributed by atoms with van der Waals surface area (Å²) in [6.45, 7) is 1.04. The highest BCUT2D eigenvalue weighted by atomic mass is 16.5. The van der Waals surface area contributed by atoms with Crippen LogP contribution in [-0.4, -0.2) is 66.0 Å². The molecule has 0 aromatic heterocycles. The van der Waals surface area contributed by atoms with Crippen molar-refractivity contribution in [1.82, 2.24) is 14.7 Å². The Bertz CT molecular complexity index is 1220. The first-order chi connectivity index (χ1) is 18.0. The van der Waals surface area contributed by atoms with Crippen molar-refractivity contribution in [3.8, 4) is 5.75 Å². The SMILES string of the molecule is COc1cccc(C(c2ccc(C(=O)N(C)C)cc2)N2C3CCC2[C@H]2CCC3N2Cc2ccccc2)c1. The minimum Gasteiger partial charge on any atom is -0.497 e. The largest absolute Gasteiger partial charge is 0.497 e. The van der Waals surface area contributed by atoms with Crippen molar-refractivity contribution in [3.05, 3.63) is 101 Å². The summed E-state index contributed by atoms with van der Waals surface area (Å²) in [5, 5.41) is 0. The lowest BCUT2D eigenvalue weighted by molar-refractivity contribution is -0.0140. The van der Waals surface area contributed by atoms with Crippen LogP contribution in [0.5, 0.6) is 5.75 Å². The number of amides is 1. The fourth-order valence-electron chi connectivity index (χ4n) is 7.24. The van der Waals surface area contributed by atoms with Gasteiger partial charge in [-0.15, -0.1) is 0 Å². The second-order valence-electron chi connectivity index (χ2n) is 11.0. The summed E-state index contributed by atoms with van der Waals surface area (Å²) in [7, 11) is 5.34. The van der Waals surface area contributed by atoms with Crippen LogP contribution in [0.25, 0.3) is 0 Å². The predicted octanol–water partition coefficient (Wildman–Crippen LogP) is 5.37. The van der Waals surface area contributed by atoms with E-state index in [0.717, 1.165) is 17.9 Å². The zero-order valence-corrected chi connectivity index (χ0v) is 22.1. The first kappa shape index (κ1) is 24.2. The standard InChI is InChI=1S/C32H37N3O2/c1-33(2)32(36)24-14-12-23(13-15-24)31(25-10-7-11-26(20-25)37-3)35-29-18-19-30(35)28-17-16-27(29)34(28)21-22-8-5-4-6-9-22/h4-15,20,27-31H,16-19,21H2,1-3H3/t27-,28?,29?,30?,31?/m1/s1. The van der Waals surface area contributed by atoms with E-state index in [1.165, 1.54) is 42.4 Å². The third-order valence-electron chi connectivity index (χ3n) is 8.82. The summed E-state index contributed by atoms with van der Waals surface area (Å²) < 4.78 is 5.64. The van der Waals surface area contributed by atoms with Crippen LogP contribution in [0.4, 0.5) is 0 Å². The maximum absolute atomic E-state index is 12.6. The fraction of sp³-hybridized carbons (Fsp3) is 0.406. The van der Waals surface area contributed by atoms with E-state index in [1.54, 1.807) is 26.1 Å². The number of benzene rings is 3. The molecule has 6 rings (SSSR count). The molecule has 3 saturated heterocycles. The topological polar surface area (TPSA) is 36.0 Å². The first-order valence-electron chi connectivity index (χ1n) is 13.6. The van der Waals surface area contributed by atoms with E-state index in [2.05, 4.69) is 70.5 Å². The van der Waals surface area contributed by atoms with Crippen LogP contribution in [0, 0.1) is 0 Å². The van der Waals surface area contributed by atoms with Gasteiger partial charge in [0.05, 0.1) is 13.2 Å². The van der Waals surface area contributed by atoms with Crippen LogP contribution in [0.15, 0.2) is 78.9 Å². The van der Waals surface area contributed by atoms with Gasteiger partial charge >= 0.3 is 0 Å². The maximum atomic E-state index is 12.6. The van der Waals surface area contributed by atoms with Crippen molar-refractivity contribution < 1.29 is 9.53 Å². The monoisotopic (exact) mass is 495 g/mol. The average Bonchev–Trinajstić information content (AvgIpc) is 3.44. The maximum Gasteiger partial charge on any atom is 0.253 e. The molecule has 5 atom stereocenters. The molecule has 3 fully saturated rings. The number of hydrogen-bond donors (Lipinski definition) is 0. The number of rotatable bonds is 7. The van der Waals surface area contributed by atoms with Gasteiger partial charge in [-0.05, 0) is 66.6 Å². The third kappa shape index (κ3) is 4.34. The molecule has 192 valence electrons. The number of hydrogen-bond acceptors (Lipinski definition) is 4. The highest BCUT2D eigenvalue weighted by molar-refractivity contribution is 5.93. The third-order valence-corrected chi connectivity index (χ3v) is 8.82. The quantitative estimate of drug-likeness (QED) is 0.442. The van der Waals surface area contributed by atoms with E-state index < -0.39 is 0 Å². The minimum atomic E-state index is 0.0390. The molecule has 0 aliphatic carbocycles. The molecule has 3 aromatic carbocycles. The molecule has 3 aromatic rings. The molecule has 37 heavy (non-hydrogen) atoms. The van der Waals surface area contributed by atoms with Gasteiger partial charge in [-0.2, -0.15) is 0 Å². The van der Waals surface area contributed by atoms with Gasteiger partial charge in [-0.3, -0.25) is 14.6 Å². The van der Waals surface area contributed by atoms with Gasteiger partial charge in [0.2, 0.25) is 0 Å². The molecule has 0 N–H and O–H groups in total. The van der Waals surface area contributed by atoms with Crippen LogP contribution < -0.4 is 4.74 Å². The Morgan fingerprint density at radius 3 is 2.11 bits per heavy atom. The van der Waals surface area contributed by atoms with Crippen LogP contribution >= 0.6 is 0 Å². The normalized spacial score (nSPS) is 25.7. The second kappa shape index (κ2) is 9.96. The Labute approximate surface area is 220 Å². The summed E-state index contributed by atoms with van der Waals surface area (Å²) in [4.78, 5) is 19.9. The number of fused-ring (bicyclic) bond motifs is 6. The molecule has 1 amide bonds. The van der Waals surface area contributed by atoms with Crippen molar-refractivity contribution in [2.24, 2.45) is 0 Å². The van der Waals surface area contributed by atoms with Crippen molar-refractivity contribution in [2.75, 3.05) is 21.2 Å². The molecule has 0 saturated carbocycles. The Hall–Kier alpha value is -3.15. The van der Waals surface area contributed by atoms with Gasteiger partial charge < -0.3 is 9.64 Å². The molecule has 3 heterocycles. The van der Waals surface area contributed by atoms with E-state index in [4.69, 9.17) is 4.74 Å². The minimum absolute atomic E-state index is 0.0390. The molecule has 3 aliphatic rings. The predicted molar refractivity (Wildman–Crippen MR) is 147 cm³/mol. The summed E-state index contributed by atoms with van der Waals surface area (Å²) >= 11 is 0. The van der Waals surface area contributed by atoms with Gasteiger partial charge in [-0.1, -0.05) is 54.6 Å². The van der Waals surface area contributed by atoms with Crippen LogP contribution in [-0.2, 0) is 6.54 Å². The van der Waals surface area contributed by atoms with Crippen molar-refractivity contribution in [3.63, 3.8) is 0 Å². The number of ether oxygens (including phenoxy) is 1. The van der Waals surface area contributed by atoms with Crippen molar-refractivity contribution >= 4 is 5.91 Å². The molecule has 4 unspecified atom stereocenters. The summed E-state index contributed by atoms with van der Waals surface area (Å²) in [5.41, 5.74) is 4.65. The van der Waals surface area contributed by atoms with E-state index in [-0.39, 0.29) is 11.9 Å². The smallest absolute Gasteiger partial charge is 0.253 e. The van der Waals surface area contributed by atoms with Gasteiger partial charge in [-0.25, -0.2) is 0 Å². The van der Waals surface area contributed by atoms with Crippen molar-refractivity contribution in [1.29, 1.82) is 0 Å². The lowest BCUT2D eigenvalue weighted by atomic mass is 9.91. The van der Waals surface area contributed by atoms with Crippen LogP contribution in [0.1, 0.15) is 58.8 Å². The Morgan fingerprint density at radius 2 is 1.49 bits per heavy atom. The molecule has 5 heteroatoms. The molecular weight excluding hydrogens is 458 g/mol. The van der Waals surface area contributed by atoms with Crippen molar-refractivity contribution in [2.45, 2.75) is 62.4 Å². The van der Waals surface area contributed by atoms with Crippen LogP contribution in [0.2, 0.25) is 0 Å². The Kier molecular flexibility index (Phi) is 6.51. The average molecular weight is 496 g/mol. The summed E-state index contributed by atoms with van der Waals surface area (Å²) in [6.07, 6.45) is 5.04. The number of carbonyl (C=O) groups excluding carboxylic acids is 1. The van der Waals surface area contributed by atoms with E-state index >= 15 is 0 Å². The number of nitrogens with zero attached hydrogens (tertiary/aromatic N) is 3. The summed E-state index contributed by atoms with van der Waals surface area (Å²) in [6, 6.07) is 30.2. The lowest BCUT2D eigenvalue weighted by Gasteiger charge is -2.50. The van der Waals surface area contributed by atoms with E-state index in [1.807, 2.05) is 18.2 Å². The highest BCUT2D eigenvalue weighted by Crippen LogP contribution is 2.51. The number of methoxy groups -OCH3 is 1. The lowest BCUT2D eigenvalue weighted by Crippen LogP contribution is -2.60. The number of piperazine rings is 1. The Balaban J connectivity index is 1.37. The van der Waals surface area contributed by atoms with Gasteiger partial charge in [0.15, 0.2) is 0 Å². The van der Waals surface area contributed by atoms with E-state index in [9.17, 15) is 4.79 Å². The Morgan fingerprint density at radius 1 is 0.838 bits per heavy atom. The van der Waals surface area contributed by atoms with E-state index in [0.29, 0.717) is 24.2 Å². The van der Waals surface area contributed by atoms with Crippen LogP contribution in [0.3, 0.4) is 0 Å². The molecule has 5 nitrogen and oxygen atoms in total. The zero-order valence-electron chi connectivity index (χ0n) is 22.1. The van der Waals surface area contributed by atoms with Gasteiger partial charge in [0.25, 0.3) is 5.91 Å². The first-order valence-corrected chi connectivity index (χ1v) is 13.6. The number of carbonyl (C=O) groups is 1. The zero-order chi connectivity index (χ0) is 25.5. The van der Waals surface area contributed by atoms with Gasteiger partial charge in [0.1, 0.15) is 5.75 Å². The molecule has 4 bridgehead atoms. The van der Waals surface area contributed by atoms with Gasteiger partial charge in [0, 0.05) is 50.4 Å². The molecule has 0 spiro atoms. The second-order valence-corrected chi connectivity index (χ2v) is 11.0.